The van der Waals surface area contributed by atoms with Crippen molar-refractivity contribution in [3.63, 3.8) is 0 Å². The fraction of sp³-hybridized carbons (Fsp3) is 0.125. The normalized spacial score (nSPS) is 11.7. The second-order valence-electron chi connectivity index (χ2n) is 4.48. The minimum absolute atomic E-state index is 0.304. The van der Waals surface area contributed by atoms with E-state index in [1.165, 1.54) is 24.3 Å². The molecule has 0 N–H and O–H groups in total. The van der Waals surface area contributed by atoms with Gasteiger partial charge >= 0.3 is 6.36 Å². The van der Waals surface area contributed by atoms with E-state index in [-0.39, 0.29) is 5.75 Å². The first-order valence-electron chi connectivity index (χ1n) is 6.45. The molecule has 0 unspecified atom stereocenters. The third-order valence-electron chi connectivity index (χ3n) is 2.78. The quantitative estimate of drug-likeness (QED) is 0.625. The SMILES string of the molecule is C/C(=N\Oc1ccc(C#N)cc1)c1ccc(OC(F)(F)F)cc1. The fourth-order valence-corrected chi connectivity index (χ4v) is 1.66. The Balaban J connectivity index is 2.04. The lowest BCUT2D eigenvalue weighted by atomic mass is 10.1. The molecule has 0 aromatic heterocycles. The Bertz CT molecular complexity index is 730. The maximum Gasteiger partial charge on any atom is 0.573 e. The molecule has 0 aliphatic rings. The largest absolute Gasteiger partial charge is 0.573 e. The molecule has 118 valence electrons. The van der Waals surface area contributed by atoms with Crippen molar-refractivity contribution in [2.75, 3.05) is 0 Å². The van der Waals surface area contributed by atoms with Gasteiger partial charge in [-0.15, -0.1) is 13.2 Å². The second-order valence-corrected chi connectivity index (χ2v) is 4.48. The fourth-order valence-electron chi connectivity index (χ4n) is 1.66. The average molecular weight is 320 g/mol. The number of nitriles is 1. The van der Waals surface area contributed by atoms with E-state index in [0.717, 1.165) is 0 Å². The van der Waals surface area contributed by atoms with Crippen LogP contribution in [0, 0.1) is 11.3 Å². The lowest BCUT2D eigenvalue weighted by molar-refractivity contribution is -0.274. The van der Waals surface area contributed by atoms with Crippen LogP contribution in [-0.2, 0) is 0 Å². The predicted molar refractivity (Wildman–Crippen MR) is 77.1 cm³/mol. The molecule has 0 amide bonds. The Morgan fingerprint density at radius 1 is 1.00 bits per heavy atom. The molecule has 7 heteroatoms. The molecule has 0 saturated heterocycles. The molecular formula is C16H11F3N2O2. The van der Waals surface area contributed by atoms with Gasteiger partial charge in [0.25, 0.3) is 0 Å². The van der Waals surface area contributed by atoms with Gasteiger partial charge in [-0.2, -0.15) is 5.26 Å². The summed E-state index contributed by atoms with van der Waals surface area (Å²) in [4.78, 5) is 5.20. The van der Waals surface area contributed by atoms with E-state index in [2.05, 4.69) is 9.89 Å². The molecule has 2 aromatic carbocycles. The van der Waals surface area contributed by atoms with Crippen molar-refractivity contribution in [3.8, 4) is 17.6 Å². The van der Waals surface area contributed by atoms with Gasteiger partial charge in [0.05, 0.1) is 17.3 Å². The van der Waals surface area contributed by atoms with Crippen LogP contribution in [0.3, 0.4) is 0 Å². The Hall–Kier alpha value is -3.01. The molecule has 4 nitrogen and oxygen atoms in total. The maximum atomic E-state index is 12.1. The van der Waals surface area contributed by atoms with Gasteiger partial charge in [-0.25, -0.2) is 0 Å². The van der Waals surface area contributed by atoms with Gasteiger partial charge in [-0.3, -0.25) is 0 Å². The summed E-state index contributed by atoms with van der Waals surface area (Å²) in [5, 5.41) is 12.6. The molecule has 0 aliphatic carbocycles. The van der Waals surface area contributed by atoms with Crippen LogP contribution in [0.1, 0.15) is 18.1 Å². The van der Waals surface area contributed by atoms with Gasteiger partial charge in [-0.05, 0) is 61.0 Å². The van der Waals surface area contributed by atoms with Gasteiger partial charge in [-0.1, -0.05) is 5.16 Å². The molecule has 2 rings (SSSR count). The Morgan fingerprint density at radius 2 is 1.57 bits per heavy atom. The molecule has 0 aliphatic heterocycles. The summed E-state index contributed by atoms with van der Waals surface area (Å²) in [7, 11) is 0. The van der Waals surface area contributed by atoms with E-state index in [0.29, 0.717) is 22.6 Å². The molecule has 0 fully saturated rings. The van der Waals surface area contributed by atoms with Gasteiger partial charge in [0.2, 0.25) is 0 Å². The van der Waals surface area contributed by atoms with E-state index in [9.17, 15) is 13.2 Å². The third-order valence-corrected chi connectivity index (χ3v) is 2.78. The Morgan fingerprint density at radius 3 is 2.09 bits per heavy atom. The summed E-state index contributed by atoms with van der Waals surface area (Å²) in [5.41, 5.74) is 1.57. The highest BCUT2D eigenvalue weighted by atomic mass is 19.4. The molecule has 0 radical (unpaired) electrons. The predicted octanol–water partition coefficient (Wildman–Crippen LogP) is 4.26. The number of halogens is 3. The van der Waals surface area contributed by atoms with Crippen LogP contribution in [0.4, 0.5) is 13.2 Å². The highest BCUT2D eigenvalue weighted by Crippen LogP contribution is 2.23. The first kappa shape index (κ1) is 16.4. The topological polar surface area (TPSA) is 54.6 Å². The zero-order chi connectivity index (χ0) is 16.9. The highest BCUT2D eigenvalue weighted by Gasteiger charge is 2.30. The summed E-state index contributed by atoms with van der Waals surface area (Å²) in [6, 6.07) is 13.6. The molecule has 0 bridgehead atoms. The summed E-state index contributed by atoms with van der Waals surface area (Å²) >= 11 is 0. The van der Waals surface area contributed by atoms with E-state index >= 15 is 0 Å². The van der Waals surface area contributed by atoms with Crippen molar-refractivity contribution in [2.24, 2.45) is 5.16 Å². The summed E-state index contributed by atoms with van der Waals surface area (Å²) < 4.78 is 40.0. The first-order chi connectivity index (χ1) is 10.9. The summed E-state index contributed by atoms with van der Waals surface area (Å²) in [6.07, 6.45) is -4.72. The van der Waals surface area contributed by atoms with Crippen LogP contribution in [0.25, 0.3) is 0 Å². The molecule has 0 spiro atoms. The number of oxime groups is 1. The van der Waals surface area contributed by atoms with Crippen LogP contribution in [0.15, 0.2) is 53.7 Å². The van der Waals surface area contributed by atoms with Crippen LogP contribution in [-0.4, -0.2) is 12.1 Å². The van der Waals surface area contributed by atoms with Crippen molar-refractivity contribution in [2.45, 2.75) is 13.3 Å². The van der Waals surface area contributed by atoms with Gasteiger partial charge in [0.15, 0.2) is 5.75 Å². The van der Waals surface area contributed by atoms with Gasteiger partial charge in [0, 0.05) is 0 Å². The molecule has 0 atom stereocenters. The number of nitrogens with zero attached hydrogens (tertiary/aromatic N) is 2. The number of hydrogen-bond donors (Lipinski definition) is 0. The molecule has 0 saturated carbocycles. The molecule has 23 heavy (non-hydrogen) atoms. The first-order valence-corrected chi connectivity index (χ1v) is 6.45. The van der Waals surface area contributed by atoms with E-state index in [4.69, 9.17) is 10.1 Å². The number of hydrogen-bond acceptors (Lipinski definition) is 4. The molecule has 0 heterocycles. The average Bonchev–Trinajstić information content (AvgIpc) is 2.52. The molecule has 2 aromatic rings. The van der Waals surface area contributed by atoms with Gasteiger partial charge in [0.1, 0.15) is 5.75 Å². The van der Waals surface area contributed by atoms with Crippen molar-refractivity contribution in [1.82, 2.24) is 0 Å². The number of rotatable bonds is 4. The van der Waals surface area contributed by atoms with Crippen LogP contribution in [0.5, 0.6) is 11.5 Å². The number of ether oxygens (including phenoxy) is 1. The minimum Gasteiger partial charge on any atom is -0.406 e. The van der Waals surface area contributed by atoms with Crippen molar-refractivity contribution >= 4 is 5.71 Å². The summed E-state index contributed by atoms with van der Waals surface area (Å²) in [6.45, 7) is 1.66. The molecular weight excluding hydrogens is 309 g/mol. The smallest absolute Gasteiger partial charge is 0.406 e. The van der Waals surface area contributed by atoms with Gasteiger partial charge < -0.3 is 9.57 Å². The lowest BCUT2D eigenvalue weighted by Gasteiger charge is -2.09. The van der Waals surface area contributed by atoms with Crippen LogP contribution in [0.2, 0.25) is 0 Å². The van der Waals surface area contributed by atoms with Crippen molar-refractivity contribution in [3.05, 3.63) is 59.7 Å². The van der Waals surface area contributed by atoms with Crippen molar-refractivity contribution < 1.29 is 22.7 Å². The minimum atomic E-state index is -4.72. The van der Waals surface area contributed by atoms with Crippen molar-refractivity contribution in [1.29, 1.82) is 5.26 Å². The van der Waals surface area contributed by atoms with Crippen LogP contribution >= 0.6 is 0 Å². The maximum absolute atomic E-state index is 12.1. The van der Waals surface area contributed by atoms with E-state index in [1.54, 1.807) is 31.2 Å². The monoisotopic (exact) mass is 320 g/mol. The van der Waals surface area contributed by atoms with E-state index in [1.807, 2.05) is 6.07 Å². The summed E-state index contributed by atoms with van der Waals surface area (Å²) in [5.74, 6) is 0.141. The Kier molecular flexibility index (Phi) is 4.86. The zero-order valence-electron chi connectivity index (χ0n) is 12.0. The zero-order valence-corrected chi connectivity index (χ0v) is 12.0. The standard InChI is InChI=1S/C16H11F3N2O2/c1-11(21-23-15-6-2-12(10-20)3-7-15)13-4-8-14(9-5-13)22-16(17,18)19/h2-9H,1H3/b21-11+. The lowest BCUT2D eigenvalue weighted by Crippen LogP contribution is -2.17. The second kappa shape index (κ2) is 6.83. The van der Waals surface area contributed by atoms with E-state index < -0.39 is 6.36 Å². The third kappa shape index (κ3) is 5.04. The number of benzene rings is 2. The Labute approximate surface area is 130 Å². The van der Waals surface area contributed by atoms with Crippen LogP contribution < -0.4 is 9.57 Å². The number of alkyl halides is 3. The highest BCUT2D eigenvalue weighted by molar-refractivity contribution is 5.98.